The van der Waals surface area contributed by atoms with Gasteiger partial charge in [0.2, 0.25) is 5.91 Å². The number of hydrogen-bond donors (Lipinski definition) is 1. The Kier molecular flexibility index (Phi) is 6.40. The maximum atomic E-state index is 12.6. The first-order valence-electron chi connectivity index (χ1n) is 10.6. The quantitative estimate of drug-likeness (QED) is 0.744. The summed E-state index contributed by atoms with van der Waals surface area (Å²) in [7, 11) is 0. The molecule has 0 bridgehead atoms. The van der Waals surface area contributed by atoms with Crippen LogP contribution in [0.3, 0.4) is 0 Å². The Labute approximate surface area is 167 Å². The molecule has 28 heavy (non-hydrogen) atoms. The molecule has 0 spiro atoms. The number of unbranched alkanes of at least 4 members (excludes halogenated alkanes) is 1. The number of hydrogen-bond acceptors (Lipinski definition) is 3. The molecule has 1 saturated heterocycles. The third kappa shape index (κ3) is 4.81. The fourth-order valence-corrected chi connectivity index (χ4v) is 4.18. The van der Waals surface area contributed by atoms with Crippen LogP contribution >= 0.6 is 0 Å². The number of aryl methyl sites for hydroxylation is 2. The molecule has 2 aromatic carbocycles. The zero-order valence-electron chi connectivity index (χ0n) is 16.5. The van der Waals surface area contributed by atoms with Gasteiger partial charge in [0, 0.05) is 25.2 Å². The number of ether oxygens (including phenoxy) is 1. The zero-order valence-corrected chi connectivity index (χ0v) is 16.5. The van der Waals surface area contributed by atoms with E-state index in [0.29, 0.717) is 19.1 Å². The Bertz CT molecular complexity index is 784. The highest BCUT2D eigenvalue weighted by atomic mass is 16.5. The van der Waals surface area contributed by atoms with Gasteiger partial charge in [-0.1, -0.05) is 48.9 Å². The van der Waals surface area contributed by atoms with Gasteiger partial charge in [-0.15, -0.1) is 0 Å². The van der Waals surface area contributed by atoms with Gasteiger partial charge >= 0.3 is 0 Å². The van der Waals surface area contributed by atoms with E-state index in [1.54, 1.807) is 0 Å². The standard InChI is InChI=1S/C24H30N2O2/c27-24-13-12-21-11-10-19(6-4-5-9-22-17-25-14-15-28-22)16-23(21)26(24)18-20-7-2-1-3-8-20/h1-3,7-8,10-11,16,22,25H,4-6,9,12-15,17-18H2. The molecule has 2 aliphatic rings. The van der Waals surface area contributed by atoms with E-state index in [9.17, 15) is 4.79 Å². The highest BCUT2D eigenvalue weighted by molar-refractivity contribution is 5.96. The second-order valence-electron chi connectivity index (χ2n) is 7.87. The maximum absolute atomic E-state index is 12.6. The van der Waals surface area contributed by atoms with Gasteiger partial charge in [0.15, 0.2) is 0 Å². The summed E-state index contributed by atoms with van der Waals surface area (Å²) in [5.74, 6) is 0.232. The van der Waals surface area contributed by atoms with Crippen LogP contribution in [0.25, 0.3) is 0 Å². The van der Waals surface area contributed by atoms with Gasteiger partial charge in [-0.2, -0.15) is 0 Å². The van der Waals surface area contributed by atoms with Crippen LogP contribution in [-0.2, 0) is 28.9 Å². The van der Waals surface area contributed by atoms with E-state index in [-0.39, 0.29) is 5.91 Å². The molecule has 1 unspecified atom stereocenters. The number of carbonyl (C=O) groups excluding carboxylic acids is 1. The zero-order chi connectivity index (χ0) is 19.2. The predicted octanol–water partition coefficient (Wildman–Crippen LogP) is 3.87. The van der Waals surface area contributed by atoms with Gasteiger partial charge in [-0.3, -0.25) is 4.79 Å². The Balaban J connectivity index is 1.38. The van der Waals surface area contributed by atoms with Crippen LogP contribution in [0.1, 0.15) is 42.4 Å². The van der Waals surface area contributed by atoms with E-state index in [1.807, 2.05) is 23.1 Å². The van der Waals surface area contributed by atoms with Crippen molar-refractivity contribution in [3.63, 3.8) is 0 Å². The van der Waals surface area contributed by atoms with Crippen LogP contribution in [0, 0.1) is 0 Å². The largest absolute Gasteiger partial charge is 0.376 e. The molecule has 2 aromatic rings. The molecule has 4 heteroatoms. The molecule has 4 rings (SSSR count). The fourth-order valence-electron chi connectivity index (χ4n) is 4.18. The summed E-state index contributed by atoms with van der Waals surface area (Å²) >= 11 is 0. The lowest BCUT2D eigenvalue weighted by Crippen LogP contribution is -2.38. The van der Waals surface area contributed by atoms with E-state index >= 15 is 0 Å². The second kappa shape index (κ2) is 9.35. The van der Waals surface area contributed by atoms with Crippen LogP contribution in [-0.4, -0.2) is 31.7 Å². The maximum Gasteiger partial charge on any atom is 0.227 e. The lowest BCUT2D eigenvalue weighted by atomic mass is 9.96. The van der Waals surface area contributed by atoms with Crippen molar-refractivity contribution in [2.75, 3.05) is 24.6 Å². The third-order valence-electron chi connectivity index (χ3n) is 5.78. The van der Waals surface area contributed by atoms with Gasteiger partial charge in [-0.25, -0.2) is 0 Å². The molecule has 2 heterocycles. The molecule has 2 aliphatic heterocycles. The van der Waals surface area contributed by atoms with Gasteiger partial charge in [0.05, 0.1) is 19.3 Å². The van der Waals surface area contributed by atoms with E-state index in [0.717, 1.165) is 51.1 Å². The van der Waals surface area contributed by atoms with Gasteiger partial charge in [0.1, 0.15) is 0 Å². The predicted molar refractivity (Wildman–Crippen MR) is 113 cm³/mol. The lowest BCUT2D eigenvalue weighted by Gasteiger charge is -2.30. The van der Waals surface area contributed by atoms with Gasteiger partial charge < -0.3 is 15.0 Å². The van der Waals surface area contributed by atoms with Crippen LogP contribution in [0.5, 0.6) is 0 Å². The molecule has 148 valence electrons. The summed E-state index contributed by atoms with van der Waals surface area (Å²) in [5, 5.41) is 3.39. The third-order valence-corrected chi connectivity index (χ3v) is 5.78. The molecule has 4 nitrogen and oxygen atoms in total. The smallest absolute Gasteiger partial charge is 0.227 e. The molecular formula is C24H30N2O2. The van der Waals surface area contributed by atoms with Crippen molar-refractivity contribution >= 4 is 11.6 Å². The van der Waals surface area contributed by atoms with E-state index in [2.05, 4.69) is 35.6 Å². The highest BCUT2D eigenvalue weighted by Crippen LogP contribution is 2.31. The fraction of sp³-hybridized carbons (Fsp3) is 0.458. The SMILES string of the molecule is O=C1CCc2ccc(CCCCC3CNCCO3)cc2N1Cc1ccccc1. The topological polar surface area (TPSA) is 41.6 Å². The summed E-state index contributed by atoms with van der Waals surface area (Å²) in [6.45, 7) is 3.45. The first kappa shape index (κ1) is 19.2. The normalized spacial score (nSPS) is 19.5. The Hall–Kier alpha value is -2.17. The van der Waals surface area contributed by atoms with Crippen molar-refractivity contribution in [1.29, 1.82) is 0 Å². The van der Waals surface area contributed by atoms with Crippen LogP contribution in [0.15, 0.2) is 48.5 Å². The van der Waals surface area contributed by atoms with Crippen molar-refractivity contribution in [3.8, 4) is 0 Å². The number of rotatable bonds is 7. The first-order chi connectivity index (χ1) is 13.8. The van der Waals surface area contributed by atoms with Crippen molar-refractivity contribution in [2.45, 2.75) is 51.2 Å². The number of benzene rings is 2. The number of morpholine rings is 1. The summed E-state index contributed by atoms with van der Waals surface area (Å²) < 4.78 is 5.78. The molecule has 0 radical (unpaired) electrons. The van der Waals surface area contributed by atoms with Crippen molar-refractivity contribution < 1.29 is 9.53 Å². The minimum Gasteiger partial charge on any atom is -0.376 e. The second-order valence-corrected chi connectivity index (χ2v) is 7.87. The number of anilines is 1. The number of carbonyl (C=O) groups is 1. The molecule has 0 saturated carbocycles. The first-order valence-corrected chi connectivity index (χ1v) is 10.6. The van der Waals surface area contributed by atoms with Crippen LogP contribution in [0.4, 0.5) is 5.69 Å². The van der Waals surface area contributed by atoms with E-state index < -0.39 is 0 Å². The Morgan fingerprint density at radius 1 is 1.04 bits per heavy atom. The van der Waals surface area contributed by atoms with Crippen molar-refractivity contribution in [2.24, 2.45) is 0 Å². The Morgan fingerprint density at radius 3 is 2.75 bits per heavy atom. The number of amides is 1. The van der Waals surface area contributed by atoms with Crippen molar-refractivity contribution in [3.05, 3.63) is 65.2 Å². The molecular weight excluding hydrogens is 348 g/mol. The van der Waals surface area contributed by atoms with E-state index in [4.69, 9.17) is 4.74 Å². The van der Waals surface area contributed by atoms with E-state index in [1.165, 1.54) is 23.1 Å². The summed E-state index contributed by atoms with van der Waals surface area (Å²) in [6.07, 6.45) is 6.34. The van der Waals surface area contributed by atoms with Crippen LogP contribution < -0.4 is 10.2 Å². The Morgan fingerprint density at radius 2 is 1.93 bits per heavy atom. The van der Waals surface area contributed by atoms with Gasteiger partial charge in [-0.05, 0) is 48.4 Å². The van der Waals surface area contributed by atoms with Gasteiger partial charge in [0.25, 0.3) is 0 Å². The molecule has 0 aromatic heterocycles. The minimum atomic E-state index is 0.232. The van der Waals surface area contributed by atoms with Crippen molar-refractivity contribution in [1.82, 2.24) is 5.32 Å². The average molecular weight is 379 g/mol. The summed E-state index contributed by atoms with van der Waals surface area (Å²) in [5.41, 5.74) is 4.91. The molecule has 0 aliphatic carbocycles. The molecule has 1 fully saturated rings. The number of fused-ring (bicyclic) bond motifs is 1. The van der Waals surface area contributed by atoms with Crippen LogP contribution in [0.2, 0.25) is 0 Å². The molecule has 1 atom stereocenters. The minimum absolute atomic E-state index is 0.232. The monoisotopic (exact) mass is 378 g/mol. The lowest BCUT2D eigenvalue weighted by molar-refractivity contribution is -0.119. The number of nitrogens with zero attached hydrogens (tertiary/aromatic N) is 1. The highest BCUT2D eigenvalue weighted by Gasteiger charge is 2.24. The summed E-state index contributed by atoms with van der Waals surface area (Å²) in [4.78, 5) is 14.6. The number of nitrogens with one attached hydrogen (secondary N) is 1. The average Bonchev–Trinajstić information content (AvgIpc) is 2.75. The molecule has 1 N–H and O–H groups in total. The summed E-state index contributed by atoms with van der Waals surface area (Å²) in [6, 6.07) is 17.0. The molecule has 1 amide bonds.